The first-order valence-electron chi connectivity index (χ1n) is 3.72. The minimum Gasteiger partial charge on any atom is -0.495 e. The zero-order chi connectivity index (χ0) is 9.14. The molecule has 0 amide bonds. The fraction of sp³-hybridized carbons (Fsp3) is 0.333. The van der Waals surface area contributed by atoms with Crippen LogP contribution in [0.25, 0.3) is 0 Å². The van der Waals surface area contributed by atoms with Crippen molar-refractivity contribution in [2.24, 2.45) is 5.73 Å². The number of halogens is 1. The Morgan fingerprint density at radius 1 is 1.50 bits per heavy atom. The highest BCUT2D eigenvalue weighted by Gasteiger charge is 2.04. The molecule has 0 bridgehead atoms. The summed E-state index contributed by atoms with van der Waals surface area (Å²) in [5, 5.41) is 0.662. The molecule has 0 aromatic heterocycles. The molecule has 0 atom stereocenters. The van der Waals surface area contributed by atoms with Gasteiger partial charge in [-0.05, 0) is 24.1 Å². The Labute approximate surface area is 77.3 Å². The van der Waals surface area contributed by atoms with Gasteiger partial charge in [-0.25, -0.2) is 0 Å². The van der Waals surface area contributed by atoms with E-state index < -0.39 is 0 Å². The van der Waals surface area contributed by atoms with Crippen molar-refractivity contribution in [1.82, 2.24) is 0 Å². The monoisotopic (exact) mass is 185 g/mol. The number of aryl methyl sites for hydroxylation is 1. The van der Waals surface area contributed by atoms with Crippen molar-refractivity contribution in [3.8, 4) is 5.75 Å². The van der Waals surface area contributed by atoms with Gasteiger partial charge in [0, 0.05) is 6.54 Å². The molecule has 0 saturated carbocycles. The quantitative estimate of drug-likeness (QED) is 0.766. The molecular formula is C9H12ClNO. The van der Waals surface area contributed by atoms with Gasteiger partial charge in [-0.15, -0.1) is 0 Å². The highest BCUT2D eigenvalue weighted by Crippen LogP contribution is 2.28. The van der Waals surface area contributed by atoms with Crippen molar-refractivity contribution in [3.63, 3.8) is 0 Å². The molecule has 0 saturated heterocycles. The second-order valence-corrected chi connectivity index (χ2v) is 3.01. The van der Waals surface area contributed by atoms with Crippen LogP contribution in [0.15, 0.2) is 12.1 Å². The Morgan fingerprint density at radius 3 is 2.67 bits per heavy atom. The lowest BCUT2D eigenvalue weighted by Crippen LogP contribution is -1.98. The van der Waals surface area contributed by atoms with E-state index in [-0.39, 0.29) is 0 Å². The van der Waals surface area contributed by atoms with Crippen molar-refractivity contribution in [3.05, 3.63) is 28.3 Å². The van der Waals surface area contributed by atoms with E-state index in [9.17, 15) is 0 Å². The van der Waals surface area contributed by atoms with Crippen molar-refractivity contribution in [2.75, 3.05) is 7.11 Å². The summed E-state index contributed by atoms with van der Waals surface area (Å²) in [6, 6.07) is 3.82. The van der Waals surface area contributed by atoms with Crippen molar-refractivity contribution >= 4 is 11.6 Å². The lowest BCUT2D eigenvalue weighted by Gasteiger charge is -2.07. The lowest BCUT2D eigenvalue weighted by atomic mass is 10.1. The van der Waals surface area contributed by atoms with Gasteiger partial charge in [0.2, 0.25) is 0 Å². The molecule has 0 aliphatic carbocycles. The van der Waals surface area contributed by atoms with E-state index in [1.165, 1.54) is 0 Å². The molecule has 1 aromatic rings. The third-order valence-electron chi connectivity index (χ3n) is 1.74. The van der Waals surface area contributed by atoms with Gasteiger partial charge in [-0.3, -0.25) is 0 Å². The summed E-state index contributed by atoms with van der Waals surface area (Å²) in [6.45, 7) is 2.44. The van der Waals surface area contributed by atoms with Crippen molar-refractivity contribution < 1.29 is 4.74 Å². The van der Waals surface area contributed by atoms with E-state index in [0.29, 0.717) is 17.3 Å². The van der Waals surface area contributed by atoms with Crippen LogP contribution in [0.3, 0.4) is 0 Å². The fourth-order valence-electron chi connectivity index (χ4n) is 1.08. The average Bonchev–Trinajstić information content (AvgIpc) is 2.09. The average molecular weight is 186 g/mol. The predicted octanol–water partition coefficient (Wildman–Crippen LogP) is 2.12. The molecule has 2 N–H and O–H groups in total. The van der Waals surface area contributed by atoms with Crippen LogP contribution < -0.4 is 10.5 Å². The van der Waals surface area contributed by atoms with Gasteiger partial charge in [-0.1, -0.05) is 17.7 Å². The third-order valence-corrected chi connectivity index (χ3v) is 2.22. The van der Waals surface area contributed by atoms with E-state index in [1.54, 1.807) is 7.11 Å². The first-order valence-corrected chi connectivity index (χ1v) is 4.10. The van der Waals surface area contributed by atoms with Gasteiger partial charge in [0.05, 0.1) is 12.1 Å². The highest BCUT2D eigenvalue weighted by molar-refractivity contribution is 6.32. The molecule has 0 heterocycles. The van der Waals surface area contributed by atoms with E-state index in [0.717, 1.165) is 11.1 Å². The summed E-state index contributed by atoms with van der Waals surface area (Å²) >= 11 is 5.96. The fourth-order valence-corrected chi connectivity index (χ4v) is 1.26. The SMILES string of the molecule is COc1cc(CN)cc(C)c1Cl. The van der Waals surface area contributed by atoms with Gasteiger partial charge in [0.15, 0.2) is 0 Å². The second kappa shape index (κ2) is 3.78. The van der Waals surface area contributed by atoms with Crippen LogP contribution in [-0.4, -0.2) is 7.11 Å². The molecule has 0 radical (unpaired) electrons. The Bertz CT molecular complexity index is 286. The first kappa shape index (κ1) is 9.36. The largest absolute Gasteiger partial charge is 0.495 e. The lowest BCUT2D eigenvalue weighted by molar-refractivity contribution is 0.414. The van der Waals surface area contributed by atoms with Gasteiger partial charge in [0.25, 0.3) is 0 Å². The minimum absolute atomic E-state index is 0.508. The summed E-state index contributed by atoms with van der Waals surface area (Å²) in [5.74, 6) is 0.692. The summed E-state index contributed by atoms with van der Waals surface area (Å²) < 4.78 is 5.08. The Kier molecular flexibility index (Phi) is 2.95. The van der Waals surface area contributed by atoms with Crippen LogP contribution >= 0.6 is 11.6 Å². The van der Waals surface area contributed by atoms with Gasteiger partial charge in [-0.2, -0.15) is 0 Å². The van der Waals surface area contributed by atoms with Crippen LogP contribution in [0.4, 0.5) is 0 Å². The van der Waals surface area contributed by atoms with Crippen molar-refractivity contribution in [1.29, 1.82) is 0 Å². The molecule has 3 heteroatoms. The van der Waals surface area contributed by atoms with Gasteiger partial charge >= 0.3 is 0 Å². The Hall–Kier alpha value is -0.730. The molecule has 1 aromatic carbocycles. The molecule has 0 spiro atoms. The topological polar surface area (TPSA) is 35.2 Å². The second-order valence-electron chi connectivity index (χ2n) is 2.63. The van der Waals surface area contributed by atoms with Gasteiger partial charge < -0.3 is 10.5 Å². The zero-order valence-corrected chi connectivity index (χ0v) is 7.98. The number of methoxy groups -OCH3 is 1. The van der Waals surface area contributed by atoms with E-state index in [1.807, 2.05) is 19.1 Å². The summed E-state index contributed by atoms with van der Waals surface area (Å²) in [6.07, 6.45) is 0. The first-order chi connectivity index (χ1) is 5.69. The Balaban J connectivity index is 3.19. The van der Waals surface area contributed by atoms with E-state index in [4.69, 9.17) is 22.1 Å². The van der Waals surface area contributed by atoms with E-state index in [2.05, 4.69) is 0 Å². The van der Waals surface area contributed by atoms with Gasteiger partial charge in [0.1, 0.15) is 5.75 Å². The maximum absolute atomic E-state index is 5.96. The number of hydrogen-bond donors (Lipinski definition) is 1. The molecule has 12 heavy (non-hydrogen) atoms. The molecule has 2 nitrogen and oxygen atoms in total. The smallest absolute Gasteiger partial charge is 0.138 e. The number of hydrogen-bond acceptors (Lipinski definition) is 2. The maximum atomic E-state index is 5.96. The minimum atomic E-state index is 0.508. The number of benzene rings is 1. The normalized spacial score (nSPS) is 10.0. The zero-order valence-electron chi connectivity index (χ0n) is 7.23. The number of nitrogens with two attached hydrogens (primary N) is 1. The summed E-state index contributed by atoms with van der Waals surface area (Å²) in [5.41, 5.74) is 7.53. The van der Waals surface area contributed by atoms with E-state index >= 15 is 0 Å². The molecule has 66 valence electrons. The van der Waals surface area contributed by atoms with Crippen molar-refractivity contribution in [2.45, 2.75) is 13.5 Å². The molecule has 0 fully saturated rings. The highest BCUT2D eigenvalue weighted by atomic mass is 35.5. The summed E-state index contributed by atoms with van der Waals surface area (Å²) in [4.78, 5) is 0. The number of ether oxygens (including phenoxy) is 1. The molecule has 0 unspecified atom stereocenters. The van der Waals surface area contributed by atoms with Crippen LogP contribution in [0, 0.1) is 6.92 Å². The number of rotatable bonds is 2. The predicted molar refractivity (Wildman–Crippen MR) is 50.6 cm³/mol. The standard InChI is InChI=1S/C9H12ClNO/c1-6-3-7(5-11)4-8(12-2)9(6)10/h3-4H,5,11H2,1-2H3. The molecule has 1 rings (SSSR count). The maximum Gasteiger partial charge on any atom is 0.138 e. The van der Waals surface area contributed by atoms with Crippen LogP contribution in [-0.2, 0) is 6.54 Å². The third kappa shape index (κ3) is 1.71. The van der Waals surface area contributed by atoms with Crippen LogP contribution in [0.5, 0.6) is 5.75 Å². The molecule has 0 aliphatic heterocycles. The Morgan fingerprint density at radius 2 is 2.17 bits per heavy atom. The molecular weight excluding hydrogens is 174 g/mol. The summed E-state index contributed by atoms with van der Waals surface area (Å²) in [7, 11) is 1.60. The van der Waals surface area contributed by atoms with Crippen LogP contribution in [0.1, 0.15) is 11.1 Å². The molecule has 0 aliphatic rings. The van der Waals surface area contributed by atoms with Crippen LogP contribution in [0.2, 0.25) is 5.02 Å².